The Labute approximate surface area is 199 Å². The minimum atomic E-state index is -1.01. The Kier molecular flexibility index (Phi) is 5.00. The summed E-state index contributed by atoms with van der Waals surface area (Å²) in [7, 11) is 1.26. The fourth-order valence-corrected chi connectivity index (χ4v) is 5.64. The van der Waals surface area contributed by atoms with Crippen LogP contribution in [0.5, 0.6) is 5.75 Å². The van der Waals surface area contributed by atoms with Crippen molar-refractivity contribution in [3.05, 3.63) is 63.1 Å². The highest BCUT2D eigenvalue weighted by molar-refractivity contribution is 5.99. The van der Waals surface area contributed by atoms with Gasteiger partial charge in [0.2, 0.25) is 5.43 Å². The van der Waals surface area contributed by atoms with Crippen LogP contribution in [-0.2, 0) is 16.8 Å². The van der Waals surface area contributed by atoms with Gasteiger partial charge in [-0.15, -0.1) is 0 Å². The molecule has 8 nitrogen and oxygen atoms in total. The van der Waals surface area contributed by atoms with Gasteiger partial charge in [0.15, 0.2) is 11.4 Å². The fraction of sp³-hybridized carbons (Fsp3) is 0.480. The van der Waals surface area contributed by atoms with E-state index in [2.05, 4.69) is 10.6 Å². The molecule has 1 aromatic carbocycles. The number of nitrogens with one attached hydrogen (secondary N) is 2. The van der Waals surface area contributed by atoms with Crippen molar-refractivity contribution in [3.63, 3.8) is 0 Å². The predicted octanol–water partition coefficient (Wildman–Crippen LogP) is 2.44. The third-order valence-corrected chi connectivity index (χ3v) is 7.66. The fourth-order valence-electron chi connectivity index (χ4n) is 5.64. The summed E-state index contributed by atoms with van der Waals surface area (Å²) in [4.78, 5) is 39.1. The second-order valence-electron chi connectivity index (χ2n) is 10.0. The molecule has 35 heavy (non-hydrogen) atoms. The molecule has 1 aromatic heterocycles. The standard InChI is InChI=1S/C25H25F2N3O5/c1-34-22-20-24(33)28-19(35-15-7-12-6-13(12)8-15)11-30(20)10-16(21(22)31)23(32)29-25(4-5-25)17-3-2-14(26)9-18(17)27/h2-3,9-10,12-13,15,19H,4-8,11H2,1H3,(H,28,33)(H,29,32)/t12-,13?,15?,19?/m1/s1. The molecule has 2 amide bonds. The molecule has 6 rings (SSSR count). The normalized spacial score (nSPS) is 27.5. The van der Waals surface area contributed by atoms with Crippen molar-refractivity contribution in [1.29, 1.82) is 0 Å². The highest BCUT2D eigenvalue weighted by Crippen LogP contribution is 2.52. The number of methoxy groups -OCH3 is 1. The monoisotopic (exact) mass is 485 g/mol. The summed E-state index contributed by atoms with van der Waals surface area (Å²) in [6, 6.07) is 3.20. The summed E-state index contributed by atoms with van der Waals surface area (Å²) in [6.07, 6.45) is 4.92. The molecule has 0 spiro atoms. The highest BCUT2D eigenvalue weighted by Gasteiger charge is 2.49. The van der Waals surface area contributed by atoms with Gasteiger partial charge in [0.1, 0.15) is 23.4 Å². The number of carbonyl (C=O) groups is 2. The van der Waals surface area contributed by atoms with Crippen molar-refractivity contribution in [2.24, 2.45) is 11.8 Å². The van der Waals surface area contributed by atoms with Crippen molar-refractivity contribution >= 4 is 11.8 Å². The third-order valence-electron chi connectivity index (χ3n) is 7.66. The number of hydrogen-bond acceptors (Lipinski definition) is 5. The Balaban J connectivity index is 1.28. The first-order chi connectivity index (χ1) is 16.8. The Morgan fingerprint density at radius 3 is 2.57 bits per heavy atom. The number of nitrogens with zero attached hydrogens (tertiary/aromatic N) is 1. The Hall–Kier alpha value is -3.27. The number of ether oxygens (including phenoxy) is 2. The molecule has 184 valence electrons. The lowest BCUT2D eigenvalue weighted by Gasteiger charge is -2.31. The average Bonchev–Trinajstić information content (AvgIpc) is 3.71. The molecular formula is C25H25F2N3O5. The van der Waals surface area contributed by atoms with E-state index in [0.717, 1.165) is 36.8 Å². The van der Waals surface area contributed by atoms with Crippen molar-refractivity contribution < 1.29 is 27.8 Å². The number of hydrogen-bond donors (Lipinski definition) is 2. The van der Waals surface area contributed by atoms with Crippen molar-refractivity contribution in [2.75, 3.05) is 7.11 Å². The topological polar surface area (TPSA) is 98.7 Å². The number of aromatic nitrogens is 1. The third kappa shape index (κ3) is 3.80. The van der Waals surface area contributed by atoms with Gasteiger partial charge in [-0.1, -0.05) is 6.07 Å². The number of pyridine rings is 1. The molecule has 3 fully saturated rings. The molecule has 2 heterocycles. The smallest absolute Gasteiger partial charge is 0.273 e. The number of benzene rings is 1. The number of carbonyl (C=O) groups excluding carboxylic acids is 2. The summed E-state index contributed by atoms with van der Waals surface area (Å²) < 4.78 is 40.6. The maximum atomic E-state index is 14.4. The van der Waals surface area contributed by atoms with Gasteiger partial charge < -0.3 is 24.7 Å². The van der Waals surface area contributed by atoms with Crippen molar-refractivity contribution in [2.45, 2.75) is 56.5 Å². The molecule has 4 atom stereocenters. The zero-order valence-corrected chi connectivity index (χ0v) is 19.1. The molecule has 1 aliphatic heterocycles. The van der Waals surface area contributed by atoms with Crippen LogP contribution in [-0.4, -0.2) is 35.8 Å². The summed E-state index contributed by atoms with van der Waals surface area (Å²) >= 11 is 0. The summed E-state index contributed by atoms with van der Waals surface area (Å²) in [6.45, 7) is 0.210. The molecule has 10 heteroatoms. The second kappa shape index (κ2) is 7.87. The average molecular weight is 485 g/mol. The Morgan fingerprint density at radius 1 is 1.17 bits per heavy atom. The van der Waals surface area contributed by atoms with Gasteiger partial charge in [-0.3, -0.25) is 14.4 Å². The van der Waals surface area contributed by atoms with Gasteiger partial charge in [-0.05, 0) is 50.0 Å². The van der Waals surface area contributed by atoms with Crippen LogP contribution < -0.4 is 20.8 Å². The zero-order chi connectivity index (χ0) is 24.5. The molecule has 3 unspecified atom stereocenters. The van der Waals surface area contributed by atoms with Crippen molar-refractivity contribution in [3.8, 4) is 5.75 Å². The number of rotatable bonds is 6. The van der Waals surface area contributed by atoms with Gasteiger partial charge in [0.25, 0.3) is 11.8 Å². The van der Waals surface area contributed by atoms with Gasteiger partial charge in [-0.2, -0.15) is 0 Å². The maximum absolute atomic E-state index is 14.4. The number of amides is 2. The Morgan fingerprint density at radius 2 is 1.91 bits per heavy atom. The second-order valence-corrected chi connectivity index (χ2v) is 10.0. The Bertz CT molecular complexity index is 1290. The van der Waals surface area contributed by atoms with Gasteiger partial charge in [0, 0.05) is 17.8 Å². The van der Waals surface area contributed by atoms with Gasteiger partial charge in [0.05, 0.1) is 25.3 Å². The zero-order valence-electron chi connectivity index (χ0n) is 19.1. The first-order valence-corrected chi connectivity index (χ1v) is 11.8. The quantitative estimate of drug-likeness (QED) is 0.655. The van der Waals surface area contributed by atoms with Crippen LogP contribution in [0.4, 0.5) is 8.78 Å². The highest BCUT2D eigenvalue weighted by atomic mass is 19.1. The van der Waals surface area contributed by atoms with Gasteiger partial charge >= 0.3 is 0 Å². The molecular weight excluding hydrogens is 460 g/mol. The summed E-state index contributed by atoms with van der Waals surface area (Å²) in [5.74, 6) is -1.51. The van der Waals surface area contributed by atoms with E-state index < -0.39 is 40.6 Å². The van der Waals surface area contributed by atoms with Crippen LogP contribution in [0.3, 0.4) is 0 Å². The van der Waals surface area contributed by atoms with Crippen LogP contribution in [0, 0.1) is 23.5 Å². The lowest BCUT2D eigenvalue weighted by Crippen LogP contribution is -2.49. The summed E-state index contributed by atoms with van der Waals surface area (Å²) in [5.41, 5.74) is -1.79. The molecule has 0 bridgehead atoms. The molecule has 2 N–H and O–H groups in total. The van der Waals surface area contributed by atoms with E-state index in [1.807, 2.05) is 0 Å². The maximum Gasteiger partial charge on any atom is 0.273 e. The molecule has 3 aliphatic carbocycles. The summed E-state index contributed by atoms with van der Waals surface area (Å²) in [5, 5.41) is 5.53. The lowest BCUT2D eigenvalue weighted by molar-refractivity contribution is -0.0408. The minimum absolute atomic E-state index is 0.0221. The molecule has 2 aromatic rings. The molecule has 4 aliphatic rings. The van der Waals surface area contributed by atoms with Crippen LogP contribution in [0.15, 0.2) is 29.2 Å². The molecule has 3 saturated carbocycles. The van der Waals surface area contributed by atoms with E-state index in [1.165, 1.54) is 30.4 Å². The van der Waals surface area contributed by atoms with Crippen LogP contribution >= 0.6 is 0 Å². The number of halogens is 2. The molecule has 0 saturated heterocycles. The SMILES string of the molecule is COc1c2n(cc(C(=O)NC3(c4ccc(F)cc4F)CC3)c1=O)CC(OC1CC3C[C@@H]3C1)NC2=O. The van der Waals surface area contributed by atoms with Gasteiger partial charge in [-0.25, -0.2) is 8.78 Å². The van der Waals surface area contributed by atoms with Crippen LogP contribution in [0.2, 0.25) is 0 Å². The first-order valence-electron chi connectivity index (χ1n) is 11.8. The minimum Gasteiger partial charge on any atom is -0.491 e. The van der Waals surface area contributed by atoms with E-state index in [1.54, 1.807) is 0 Å². The largest absolute Gasteiger partial charge is 0.491 e. The van der Waals surface area contributed by atoms with E-state index in [0.29, 0.717) is 12.8 Å². The van der Waals surface area contributed by atoms with Crippen LogP contribution in [0.1, 0.15) is 58.5 Å². The van der Waals surface area contributed by atoms with E-state index in [9.17, 15) is 23.2 Å². The molecule has 0 radical (unpaired) electrons. The van der Waals surface area contributed by atoms with Crippen molar-refractivity contribution in [1.82, 2.24) is 15.2 Å². The van der Waals surface area contributed by atoms with E-state index in [4.69, 9.17) is 9.47 Å². The van der Waals surface area contributed by atoms with E-state index in [-0.39, 0.29) is 35.2 Å². The number of fused-ring (bicyclic) bond motifs is 2. The lowest BCUT2D eigenvalue weighted by atomic mass is 10.0. The predicted molar refractivity (Wildman–Crippen MR) is 119 cm³/mol. The van der Waals surface area contributed by atoms with Crippen LogP contribution in [0.25, 0.3) is 0 Å². The van der Waals surface area contributed by atoms with E-state index >= 15 is 0 Å². The first kappa shape index (κ1) is 22.2.